The molecule has 0 saturated carbocycles. The standard InChI is InChI=1S/C21H24N6O2/c28-20(27-11-13-29-14-12-27)17-15-19(26-18-6-2-1-5-16(17)18)22-7-3-8-23-21-24-9-4-10-25-21/h1-2,4-6,9-10,15H,3,7-8,11-14H2,(H,22,26)(H,23,24,25). The molecule has 3 aromatic rings. The highest BCUT2D eigenvalue weighted by molar-refractivity contribution is 6.07. The summed E-state index contributed by atoms with van der Waals surface area (Å²) < 4.78 is 5.37. The molecule has 3 heterocycles. The van der Waals surface area contributed by atoms with Crippen LogP contribution in [-0.2, 0) is 4.74 Å². The van der Waals surface area contributed by atoms with Gasteiger partial charge in [0.2, 0.25) is 5.95 Å². The molecule has 0 radical (unpaired) electrons. The van der Waals surface area contributed by atoms with E-state index in [-0.39, 0.29) is 5.91 Å². The van der Waals surface area contributed by atoms with Crippen LogP contribution < -0.4 is 10.6 Å². The highest BCUT2D eigenvalue weighted by atomic mass is 16.5. The van der Waals surface area contributed by atoms with E-state index in [1.54, 1.807) is 18.5 Å². The summed E-state index contributed by atoms with van der Waals surface area (Å²) in [7, 11) is 0. The second kappa shape index (κ2) is 9.29. The van der Waals surface area contributed by atoms with Crippen molar-refractivity contribution < 1.29 is 9.53 Å². The number of hydrogen-bond acceptors (Lipinski definition) is 7. The predicted octanol–water partition coefficient (Wildman–Crippen LogP) is 2.41. The molecule has 2 aromatic heterocycles. The minimum atomic E-state index is 0.0258. The van der Waals surface area contributed by atoms with Crippen molar-refractivity contribution in [2.24, 2.45) is 0 Å². The SMILES string of the molecule is O=C(c1cc(NCCCNc2ncccn2)nc2ccccc12)N1CCOCC1. The molecule has 1 aliphatic heterocycles. The number of fused-ring (bicyclic) bond motifs is 1. The van der Waals surface area contributed by atoms with Gasteiger partial charge in [0.05, 0.1) is 24.3 Å². The van der Waals surface area contributed by atoms with Crippen LogP contribution in [0.15, 0.2) is 48.8 Å². The molecule has 1 fully saturated rings. The second-order valence-electron chi connectivity index (χ2n) is 6.76. The Morgan fingerprint density at radius 1 is 1.03 bits per heavy atom. The number of nitrogens with one attached hydrogen (secondary N) is 2. The number of aromatic nitrogens is 3. The predicted molar refractivity (Wildman–Crippen MR) is 112 cm³/mol. The van der Waals surface area contributed by atoms with Gasteiger partial charge in [0, 0.05) is 44.0 Å². The van der Waals surface area contributed by atoms with Crippen LogP contribution in [0.5, 0.6) is 0 Å². The minimum Gasteiger partial charge on any atom is -0.378 e. The summed E-state index contributed by atoms with van der Waals surface area (Å²) >= 11 is 0. The van der Waals surface area contributed by atoms with Crippen molar-refractivity contribution in [3.05, 3.63) is 54.4 Å². The summed E-state index contributed by atoms with van der Waals surface area (Å²) in [5.41, 5.74) is 1.49. The van der Waals surface area contributed by atoms with Crippen molar-refractivity contribution in [3.8, 4) is 0 Å². The van der Waals surface area contributed by atoms with Crippen molar-refractivity contribution in [1.29, 1.82) is 0 Å². The number of anilines is 2. The third-order valence-electron chi connectivity index (χ3n) is 4.75. The van der Waals surface area contributed by atoms with Gasteiger partial charge in [-0.25, -0.2) is 15.0 Å². The summed E-state index contributed by atoms with van der Waals surface area (Å²) in [6.45, 7) is 3.85. The Kier molecular flexibility index (Phi) is 6.11. The van der Waals surface area contributed by atoms with Crippen LogP contribution in [0.2, 0.25) is 0 Å². The number of para-hydroxylation sites is 1. The summed E-state index contributed by atoms with van der Waals surface area (Å²) in [5, 5.41) is 7.38. The number of ether oxygens (including phenoxy) is 1. The Morgan fingerprint density at radius 2 is 1.79 bits per heavy atom. The second-order valence-corrected chi connectivity index (χ2v) is 6.76. The van der Waals surface area contributed by atoms with E-state index in [4.69, 9.17) is 4.74 Å². The molecule has 1 aromatic carbocycles. The molecule has 1 amide bonds. The molecule has 0 unspecified atom stereocenters. The van der Waals surface area contributed by atoms with Crippen LogP contribution in [0, 0.1) is 0 Å². The number of hydrogen-bond donors (Lipinski definition) is 2. The number of benzene rings is 1. The van der Waals surface area contributed by atoms with Crippen LogP contribution in [0.4, 0.5) is 11.8 Å². The van der Waals surface area contributed by atoms with Crippen molar-refractivity contribution in [2.45, 2.75) is 6.42 Å². The molecule has 0 bridgehead atoms. The molecule has 0 aliphatic carbocycles. The topological polar surface area (TPSA) is 92.3 Å². The molecule has 29 heavy (non-hydrogen) atoms. The largest absolute Gasteiger partial charge is 0.378 e. The molecule has 2 N–H and O–H groups in total. The third kappa shape index (κ3) is 4.78. The van der Waals surface area contributed by atoms with E-state index in [9.17, 15) is 4.79 Å². The van der Waals surface area contributed by atoms with Gasteiger partial charge in [-0.05, 0) is 24.6 Å². The molecule has 8 heteroatoms. The summed E-state index contributed by atoms with van der Waals surface area (Å²) in [6, 6.07) is 11.4. The van der Waals surface area contributed by atoms with Crippen molar-refractivity contribution in [2.75, 3.05) is 50.0 Å². The average Bonchev–Trinajstić information content (AvgIpc) is 2.79. The molecular formula is C21H24N6O2. The van der Waals surface area contributed by atoms with Gasteiger partial charge in [-0.3, -0.25) is 4.79 Å². The Bertz CT molecular complexity index is 960. The quantitative estimate of drug-likeness (QED) is 0.597. The van der Waals surface area contributed by atoms with E-state index < -0.39 is 0 Å². The smallest absolute Gasteiger partial charge is 0.254 e. The highest BCUT2D eigenvalue weighted by Crippen LogP contribution is 2.22. The molecule has 0 spiro atoms. The summed E-state index contributed by atoms with van der Waals surface area (Å²) in [5.74, 6) is 1.35. The van der Waals surface area contributed by atoms with E-state index in [0.29, 0.717) is 43.6 Å². The number of pyridine rings is 1. The van der Waals surface area contributed by atoms with Gasteiger partial charge in [-0.15, -0.1) is 0 Å². The van der Waals surface area contributed by atoms with E-state index in [0.717, 1.165) is 30.4 Å². The zero-order valence-corrected chi connectivity index (χ0v) is 16.2. The third-order valence-corrected chi connectivity index (χ3v) is 4.75. The molecule has 1 aliphatic rings. The van der Waals surface area contributed by atoms with Crippen molar-refractivity contribution in [3.63, 3.8) is 0 Å². The van der Waals surface area contributed by atoms with Gasteiger partial charge < -0.3 is 20.3 Å². The maximum absolute atomic E-state index is 13.1. The van der Waals surface area contributed by atoms with Gasteiger partial charge >= 0.3 is 0 Å². The first-order valence-corrected chi connectivity index (χ1v) is 9.83. The fourth-order valence-corrected chi connectivity index (χ4v) is 3.28. The van der Waals surface area contributed by atoms with Gasteiger partial charge in [0.25, 0.3) is 5.91 Å². The Labute approximate surface area is 169 Å². The zero-order valence-electron chi connectivity index (χ0n) is 16.2. The minimum absolute atomic E-state index is 0.0258. The molecule has 150 valence electrons. The Hall–Kier alpha value is -3.26. The number of nitrogens with zero attached hydrogens (tertiary/aromatic N) is 4. The van der Waals surface area contributed by atoms with Crippen LogP contribution in [0.3, 0.4) is 0 Å². The van der Waals surface area contributed by atoms with Crippen molar-refractivity contribution in [1.82, 2.24) is 19.9 Å². The van der Waals surface area contributed by atoms with E-state index in [1.165, 1.54) is 0 Å². The summed E-state index contributed by atoms with van der Waals surface area (Å²) in [4.78, 5) is 27.9. The monoisotopic (exact) mass is 392 g/mol. The molecule has 0 atom stereocenters. The Balaban J connectivity index is 1.43. The lowest BCUT2D eigenvalue weighted by atomic mass is 10.1. The fraction of sp³-hybridized carbons (Fsp3) is 0.333. The lowest BCUT2D eigenvalue weighted by Gasteiger charge is -2.27. The van der Waals surface area contributed by atoms with Gasteiger partial charge in [0.15, 0.2) is 0 Å². The van der Waals surface area contributed by atoms with Crippen LogP contribution in [0.1, 0.15) is 16.8 Å². The number of amides is 1. The van der Waals surface area contributed by atoms with E-state index >= 15 is 0 Å². The first-order valence-electron chi connectivity index (χ1n) is 9.83. The van der Waals surface area contributed by atoms with Gasteiger partial charge in [0.1, 0.15) is 5.82 Å². The van der Waals surface area contributed by atoms with E-state index in [1.807, 2.05) is 35.2 Å². The average molecular weight is 392 g/mol. The Morgan fingerprint density at radius 3 is 2.62 bits per heavy atom. The maximum Gasteiger partial charge on any atom is 0.254 e. The normalized spacial score (nSPS) is 14.0. The van der Waals surface area contributed by atoms with Crippen LogP contribution >= 0.6 is 0 Å². The highest BCUT2D eigenvalue weighted by Gasteiger charge is 2.21. The number of rotatable bonds is 7. The van der Waals surface area contributed by atoms with Crippen LogP contribution in [0.25, 0.3) is 10.9 Å². The van der Waals surface area contributed by atoms with Crippen LogP contribution in [-0.4, -0.2) is 65.2 Å². The first kappa shape index (κ1) is 19.1. The molecule has 8 nitrogen and oxygen atoms in total. The first-order chi connectivity index (χ1) is 14.3. The van der Waals surface area contributed by atoms with Crippen molar-refractivity contribution >= 4 is 28.6 Å². The maximum atomic E-state index is 13.1. The number of morpholine rings is 1. The van der Waals surface area contributed by atoms with Gasteiger partial charge in [-0.1, -0.05) is 18.2 Å². The van der Waals surface area contributed by atoms with E-state index in [2.05, 4.69) is 25.6 Å². The fourth-order valence-electron chi connectivity index (χ4n) is 3.28. The molecular weight excluding hydrogens is 368 g/mol. The zero-order chi connectivity index (χ0) is 19.9. The lowest BCUT2D eigenvalue weighted by molar-refractivity contribution is 0.0304. The molecule has 4 rings (SSSR count). The lowest BCUT2D eigenvalue weighted by Crippen LogP contribution is -2.40. The van der Waals surface area contributed by atoms with Gasteiger partial charge in [-0.2, -0.15) is 0 Å². The number of carbonyl (C=O) groups is 1. The number of carbonyl (C=O) groups excluding carboxylic acids is 1. The summed E-state index contributed by atoms with van der Waals surface area (Å²) in [6.07, 6.45) is 4.28. The molecule has 1 saturated heterocycles.